The number of imidazole rings is 1. The largest absolute Gasteiger partial charge is 0.480 e. The fourth-order valence-corrected chi connectivity index (χ4v) is 2.64. The van der Waals surface area contributed by atoms with Gasteiger partial charge in [0.25, 0.3) is 0 Å². The van der Waals surface area contributed by atoms with Gasteiger partial charge in [-0.2, -0.15) is 0 Å². The Labute approximate surface area is 124 Å². The van der Waals surface area contributed by atoms with Crippen molar-refractivity contribution in [2.45, 2.75) is 44.7 Å². The smallest absolute Gasteiger partial charge is 0.329 e. The van der Waals surface area contributed by atoms with E-state index in [4.69, 9.17) is 0 Å². The molecule has 1 fully saturated rings. The van der Waals surface area contributed by atoms with Crippen molar-refractivity contribution >= 4 is 12.0 Å². The highest BCUT2D eigenvalue weighted by Crippen LogP contribution is 2.29. The molecular weight excluding hydrogens is 272 g/mol. The van der Waals surface area contributed by atoms with Crippen molar-refractivity contribution in [3.8, 4) is 0 Å². The molecule has 2 heterocycles. The van der Waals surface area contributed by atoms with Crippen LogP contribution in [0.25, 0.3) is 0 Å². The summed E-state index contributed by atoms with van der Waals surface area (Å²) >= 11 is 0. The van der Waals surface area contributed by atoms with Crippen LogP contribution in [0, 0.1) is 0 Å². The Hall–Kier alpha value is -2.05. The summed E-state index contributed by atoms with van der Waals surface area (Å²) in [5, 5.41) is 12.1. The van der Waals surface area contributed by atoms with Gasteiger partial charge in [-0.05, 0) is 32.6 Å². The monoisotopic (exact) mass is 294 g/mol. The van der Waals surface area contributed by atoms with Gasteiger partial charge in [0.2, 0.25) is 0 Å². The Morgan fingerprint density at radius 1 is 1.43 bits per heavy atom. The molecule has 1 unspecified atom stereocenters. The number of aliphatic carboxylic acids is 1. The average molecular weight is 294 g/mol. The standard InChI is InChI=1S/C14H22N4O3/c1-14(12(19)20)5-4-9-18(14)13(21)16-6-2-3-8-17-10-7-15-11-17/h7,10-11H,2-6,8-9H2,1H3,(H,16,21)(H,19,20). The number of hydrogen-bond acceptors (Lipinski definition) is 3. The minimum absolute atomic E-state index is 0.278. The van der Waals surface area contributed by atoms with Crippen molar-refractivity contribution in [3.63, 3.8) is 0 Å². The van der Waals surface area contributed by atoms with E-state index < -0.39 is 11.5 Å². The molecule has 1 aliphatic heterocycles. The minimum atomic E-state index is -1.07. The van der Waals surface area contributed by atoms with Crippen molar-refractivity contribution in [1.29, 1.82) is 0 Å². The summed E-state index contributed by atoms with van der Waals surface area (Å²) < 4.78 is 1.99. The Kier molecular flexibility index (Phi) is 4.82. The average Bonchev–Trinajstić information content (AvgIpc) is 3.08. The first-order valence-corrected chi connectivity index (χ1v) is 7.28. The van der Waals surface area contributed by atoms with E-state index in [2.05, 4.69) is 10.3 Å². The van der Waals surface area contributed by atoms with E-state index in [0.717, 1.165) is 25.8 Å². The van der Waals surface area contributed by atoms with E-state index in [-0.39, 0.29) is 6.03 Å². The van der Waals surface area contributed by atoms with Gasteiger partial charge in [0.05, 0.1) is 6.33 Å². The normalized spacial score (nSPS) is 21.5. The number of carboxylic acid groups (broad SMARTS) is 1. The van der Waals surface area contributed by atoms with Crippen LogP contribution >= 0.6 is 0 Å². The van der Waals surface area contributed by atoms with Gasteiger partial charge in [-0.1, -0.05) is 0 Å². The number of likely N-dealkylation sites (tertiary alicyclic amines) is 1. The van der Waals surface area contributed by atoms with Crippen LogP contribution in [-0.4, -0.2) is 50.2 Å². The molecule has 0 aromatic carbocycles. The lowest BCUT2D eigenvalue weighted by atomic mass is 10.00. The molecule has 21 heavy (non-hydrogen) atoms. The van der Waals surface area contributed by atoms with Gasteiger partial charge < -0.3 is 19.9 Å². The van der Waals surface area contributed by atoms with Crippen molar-refractivity contribution in [1.82, 2.24) is 19.8 Å². The van der Waals surface area contributed by atoms with E-state index in [1.807, 2.05) is 10.8 Å². The number of amides is 2. The molecule has 116 valence electrons. The first kappa shape index (κ1) is 15.3. The van der Waals surface area contributed by atoms with Gasteiger partial charge in [0.15, 0.2) is 0 Å². The van der Waals surface area contributed by atoms with Gasteiger partial charge in [0, 0.05) is 32.0 Å². The fraction of sp³-hybridized carbons (Fsp3) is 0.643. The number of unbranched alkanes of at least 4 members (excludes halogenated alkanes) is 1. The van der Waals surface area contributed by atoms with E-state index in [1.165, 1.54) is 4.90 Å². The van der Waals surface area contributed by atoms with Crippen LogP contribution in [0.4, 0.5) is 4.79 Å². The molecule has 0 saturated carbocycles. The summed E-state index contributed by atoms with van der Waals surface area (Å²) in [7, 11) is 0. The Balaban J connectivity index is 1.71. The number of nitrogens with zero attached hydrogens (tertiary/aromatic N) is 3. The molecule has 1 aromatic heterocycles. The van der Waals surface area contributed by atoms with Crippen LogP contribution in [-0.2, 0) is 11.3 Å². The summed E-state index contributed by atoms with van der Waals surface area (Å²) in [5.74, 6) is -0.935. The molecule has 0 bridgehead atoms. The molecule has 0 spiro atoms. The van der Waals surface area contributed by atoms with Gasteiger partial charge in [-0.15, -0.1) is 0 Å². The molecule has 1 atom stereocenters. The molecule has 1 aromatic rings. The van der Waals surface area contributed by atoms with E-state index >= 15 is 0 Å². The van der Waals surface area contributed by atoms with Crippen LogP contribution in [0.15, 0.2) is 18.7 Å². The van der Waals surface area contributed by atoms with Crippen LogP contribution in [0.1, 0.15) is 32.6 Å². The predicted molar refractivity (Wildman–Crippen MR) is 76.8 cm³/mol. The van der Waals surface area contributed by atoms with E-state index in [1.54, 1.807) is 19.4 Å². The zero-order valence-electron chi connectivity index (χ0n) is 12.3. The minimum Gasteiger partial charge on any atom is -0.480 e. The van der Waals surface area contributed by atoms with Crippen LogP contribution in [0.3, 0.4) is 0 Å². The fourth-order valence-electron chi connectivity index (χ4n) is 2.64. The SMILES string of the molecule is CC1(C(=O)O)CCCN1C(=O)NCCCCn1ccnc1. The summed E-state index contributed by atoms with van der Waals surface area (Å²) in [6.07, 6.45) is 8.44. The molecule has 7 nitrogen and oxygen atoms in total. The number of carboxylic acids is 1. The molecule has 1 aliphatic rings. The van der Waals surface area contributed by atoms with E-state index in [0.29, 0.717) is 19.5 Å². The highest BCUT2D eigenvalue weighted by atomic mass is 16.4. The first-order valence-electron chi connectivity index (χ1n) is 7.28. The number of aryl methyl sites for hydroxylation is 1. The topological polar surface area (TPSA) is 87.5 Å². The van der Waals surface area contributed by atoms with Crippen LogP contribution in [0.2, 0.25) is 0 Å². The zero-order valence-corrected chi connectivity index (χ0v) is 12.3. The molecule has 0 radical (unpaired) electrons. The maximum absolute atomic E-state index is 12.1. The van der Waals surface area contributed by atoms with E-state index in [9.17, 15) is 14.7 Å². The second-order valence-electron chi connectivity index (χ2n) is 5.57. The number of carbonyl (C=O) groups excluding carboxylic acids is 1. The van der Waals surface area contributed by atoms with Crippen LogP contribution < -0.4 is 5.32 Å². The molecule has 2 amide bonds. The summed E-state index contributed by atoms with van der Waals surface area (Å²) in [4.78, 5) is 28.8. The molecule has 0 aliphatic carbocycles. The Morgan fingerprint density at radius 2 is 2.24 bits per heavy atom. The summed E-state index contributed by atoms with van der Waals surface area (Å²) in [6, 6.07) is -0.278. The highest BCUT2D eigenvalue weighted by Gasteiger charge is 2.45. The number of aromatic nitrogens is 2. The van der Waals surface area contributed by atoms with Crippen molar-refractivity contribution in [3.05, 3.63) is 18.7 Å². The Morgan fingerprint density at radius 3 is 2.90 bits per heavy atom. The molecule has 2 N–H and O–H groups in total. The van der Waals surface area contributed by atoms with Gasteiger partial charge in [-0.3, -0.25) is 0 Å². The Bertz CT molecular complexity index is 488. The molecule has 7 heteroatoms. The predicted octanol–water partition coefficient (Wildman–Crippen LogP) is 1.31. The van der Waals surface area contributed by atoms with Gasteiger partial charge >= 0.3 is 12.0 Å². The second kappa shape index (κ2) is 6.60. The molecular formula is C14H22N4O3. The summed E-state index contributed by atoms with van der Waals surface area (Å²) in [5.41, 5.74) is -1.07. The van der Waals surface area contributed by atoms with Gasteiger partial charge in [0.1, 0.15) is 5.54 Å². The summed E-state index contributed by atoms with van der Waals surface area (Å²) in [6.45, 7) is 3.54. The number of urea groups is 1. The number of nitrogens with one attached hydrogen (secondary N) is 1. The van der Waals surface area contributed by atoms with Crippen LogP contribution in [0.5, 0.6) is 0 Å². The maximum atomic E-state index is 12.1. The number of hydrogen-bond donors (Lipinski definition) is 2. The second-order valence-corrected chi connectivity index (χ2v) is 5.57. The lowest BCUT2D eigenvalue weighted by Crippen LogP contribution is -2.54. The third-order valence-electron chi connectivity index (χ3n) is 4.03. The third kappa shape index (κ3) is 3.53. The quantitative estimate of drug-likeness (QED) is 0.774. The van der Waals surface area contributed by atoms with Crippen molar-refractivity contribution in [2.24, 2.45) is 0 Å². The van der Waals surface area contributed by atoms with Crippen molar-refractivity contribution < 1.29 is 14.7 Å². The van der Waals surface area contributed by atoms with Gasteiger partial charge in [-0.25, -0.2) is 14.6 Å². The highest BCUT2D eigenvalue weighted by molar-refractivity contribution is 5.86. The molecule has 2 rings (SSSR count). The third-order valence-corrected chi connectivity index (χ3v) is 4.03. The zero-order chi connectivity index (χ0) is 15.3. The lowest BCUT2D eigenvalue weighted by Gasteiger charge is -2.31. The van der Waals surface area contributed by atoms with Crippen molar-refractivity contribution in [2.75, 3.05) is 13.1 Å². The maximum Gasteiger partial charge on any atom is 0.329 e. The lowest BCUT2D eigenvalue weighted by molar-refractivity contribution is -0.147. The first-order chi connectivity index (χ1) is 10.0. The molecule has 1 saturated heterocycles. The number of rotatable bonds is 6. The number of carbonyl (C=O) groups is 2.